The standard InChI is InChI=1S/C15H18N4O/c1-10-6-5-7-14(12(10)8-16)17-9-13-11(2)18-19(3)15(13)20-4/h5-7,17H,9H2,1-4H3. The smallest absolute Gasteiger partial charge is 0.216 e. The minimum Gasteiger partial charge on any atom is -0.481 e. The molecule has 0 saturated carbocycles. The maximum atomic E-state index is 9.22. The van der Waals surface area contributed by atoms with E-state index in [9.17, 15) is 5.26 Å². The van der Waals surface area contributed by atoms with E-state index in [4.69, 9.17) is 4.74 Å². The Morgan fingerprint density at radius 3 is 2.80 bits per heavy atom. The number of nitrogens with one attached hydrogen (secondary N) is 1. The van der Waals surface area contributed by atoms with Crippen LogP contribution in [0, 0.1) is 25.2 Å². The second-order valence-electron chi connectivity index (χ2n) is 4.66. The summed E-state index contributed by atoms with van der Waals surface area (Å²) in [4.78, 5) is 0. The van der Waals surface area contributed by atoms with Crippen LogP contribution in [-0.2, 0) is 13.6 Å². The molecule has 1 aromatic heterocycles. The number of ether oxygens (including phenoxy) is 1. The quantitative estimate of drug-likeness (QED) is 0.927. The predicted octanol–water partition coefficient (Wildman–Crippen LogP) is 2.53. The zero-order valence-electron chi connectivity index (χ0n) is 12.2. The topological polar surface area (TPSA) is 62.9 Å². The molecule has 20 heavy (non-hydrogen) atoms. The summed E-state index contributed by atoms with van der Waals surface area (Å²) in [5.74, 6) is 0.737. The SMILES string of the molecule is COc1c(CNc2cccc(C)c2C#N)c(C)nn1C. The number of anilines is 1. The molecule has 0 aliphatic heterocycles. The summed E-state index contributed by atoms with van der Waals surface area (Å²) in [6.07, 6.45) is 0. The number of rotatable bonds is 4. The van der Waals surface area contributed by atoms with Gasteiger partial charge in [0, 0.05) is 13.6 Å². The summed E-state index contributed by atoms with van der Waals surface area (Å²) in [6, 6.07) is 8.01. The Bertz CT molecular complexity index is 667. The van der Waals surface area contributed by atoms with Crippen molar-refractivity contribution in [2.45, 2.75) is 20.4 Å². The van der Waals surface area contributed by atoms with Crippen LogP contribution in [0.4, 0.5) is 5.69 Å². The van der Waals surface area contributed by atoms with Crippen molar-refractivity contribution in [1.82, 2.24) is 9.78 Å². The number of aryl methyl sites for hydroxylation is 3. The summed E-state index contributed by atoms with van der Waals surface area (Å²) in [7, 11) is 3.48. The summed E-state index contributed by atoms with van der Waals surface area (Å²) in [6.45, 7) is 4.45. The van der Waals surface area contributed by atoms with E-state index in [1.54, 1.807) is 11.8 Å². The lowest BCUT2D eigenvalue weighted by Gasteiger charge is -2.10. The zero-order chi connectivity index (χ0) is 14.7. The number of nitriles is 1. The second kappa shape index (κ2) is 5.66. The predicted molar refractivity (Wildman–Crippen MR) is 77.7 cm³/mol. The van der Waals surface area contributed by atoms with Crippen LogP contribution in [-0.4, -0.2) is 16.9 Å². The molecule has 0 spiro atoms. The number of methoxy groups -OCH3 is 1. The number of aromatic nitrogens is 2. The van der Waals surface area contributed by atoms with Gasteiger partial charge in [-0.1, -0.05) is 12.1 Å². The molecule has 0 atom stereocenters. The van der Waals surface area contributed by atoms with Gasteiger partial charge in [0.2, 0.25) is 5.88 Å². The molecule has 0 aliphatic rings. The zero-order valence-corrected chi connectivity index (χ0v) is 12.2. The highest BCUT2D eigenvalue weighted by Crippen LogP contribution is 2.24. The van der Waals surface area contributed by atoms with Gasteiger partial charge in [-0.25, -0.2) is 4.68 Å². The van der Waals surface area contributed by atoms with E-state index in [0.29, 0.717) is 12.1 Å². The van der Waals surface area contributed by atoms with Gasteiger partial charge >= 0.3 is 0 Å². The van der Waals surface area contributed by atoms with Gasteiger partial charge in [-0.15, -0.1) is 0 Å². The third-order valence-electron chi connectivity index (χ3n) is 3.32. The summed E-state index contributed by atoms with van der Waals surface area (Å²) in [5, 5.41) is 16.9. The van der Waals surface area contributed by atoms with Crippen LogP contribution in [0.3, 0.4) is 0 Å². The fraction of sp³-hybridized carbons (Fsp3) is 0.333. The van der Waals surface area contributed by atoms with Gasteiger partial charge in [0.15, 0.2) is 0 Å². The Morgan fingerprint density at radius 2 is 2.15 bits per heavy atom. The fourth-order valence-electron chi connectivity index (χ4n) is 2.29. The molecule has 2 rings (SSSR count). The first-order valence-electron chi connectivity index (χ1n) is 6.38. The molecule has 1 N–H and O–H groups in total. The molecule has 0 radical (unpaired) electrons. The van der Waals surface area contributed by atoms with Gasteiger partial charge < -0.3 is 10.1 Å². The molecule has 0 aliphatic carbocycles. The van der Waals surface area contributed by atoms with Crippen molar-refractivity contribution in [1.29, 1.82) is 5.26 Å². The number of nitrogens with zero attached hydrogens (tertiary/aromatic N) is 3. The first-order chi connectivity index (χ1) is 9.58. The Balaban J connectivity index is 2.26. The van der Waals surface area contributed by atoms with Gasteiger partial charge in [0.1, 0.15) is 6.07 Å². The maximum Gasteiger partial charge on any atom is 0.216 e. The van der Waals surface area contributed by atoms with Crippen molar-refractivity contribution in [3.63, 3.8) is 0 Å². The third-order valence-corrected chi connectivity index (χ3v) is 3.32. The van der Waals surface area contributed by atoms with Crippen LogP contribution in [0.15, 0.2) is 18.2 Å². The average molecular weight is 270 g/mol. The molecular weight excluding hydrogens is 252 g/mol. The van der Waals surface area contributed by atoms with Crippen LogP contribution in [0.1, 0.15) is 22.4 Å². The van der Waals surface area contributed by atoms with Crippen LogP contribution >= 0.6 is 0 Å². The van der Waals surface area contributed by atoms with Gasteiger partial charge in [-0.2, -0.15) is 10.4 Å². The van der Waals surface area contributed by atoms with E-state index in [0.717, 1.165) is 28.4 Å². The second-order valence-corrected chi connectivity index (χ2v) is 4.66. The van der Waals surface area contributed by atoms with E-state index in [-0.39, 0.29) is 0 Å². The average Bonchev–Trinajstić information content (AvgIpc) is 2.70. The highest BCUT2D eigenvalue weighted by atomic mass is 16.5. The minimum atomic E-state index is 0.570. The first-order valence-corrected chi connectivity index (χ1v) is 6.38. The summed E-state index contributed by atoms with van der Waals surface area (Å²) >= 11 is 0. The molecule has 0 amide bonds. The molecule has 5 heteroatoms. The molecule has 0 fully saturated rings. The van der Waals surface area contributed by atoms with Crippen molar-refractivity contribution < 1.29 is 4.74 Å². The highest BCUT2D eigenvalue weighted by molar-refractivity contribution is 5.61. The molecule has 0 unspecified atom stereocenters. The molecule has 1 aromatic carbocycles. The highest BCUT2D eigenvalue weighted by Gasteiger charge is 2.14. The lowest BCUT2D eigenvalue weighted by Crippen LogP contribution is -2.04. The van der Waals surface area contributed by atoms with Crippen molar-refractivity contribution in [2.24, 2.45) is 7.05 Å². The molecule has 2 aromatic rings. The molecule has 0 bridgehead atoms. The van der Waals surface area contributed by atoms with Crippen LogP contribution in [0.25, 0.3) is 0 Å². The Hall–Kier alpha value is -2.48. The van der Waals surface area contributed by atoms with Crippen molar-refractivity contribution in [3.05, 3.63) is 40.6 Å². The van der Waals surface area contributed by atoms with E-state index < -0.39 is 0 Å². The van der Waals surface area contributed by atoms with E-state index in [1.807, 2.05) is 39.1 Å². The van der Waals surface area contributed by atoms with Gasteiger partial charge in [0.05, 0.1) is 29.6 Å². The minimum absolute atomic E-state index is 0.570. The normalized spacial score (nSPS) is 10.2. The maximum absolute atomic E-state index is 9.22. The molecular formula is C15H18N4O. The van der Waals surface area contributed by atoms with Gasteiger partial charge in [-0.05, 0) is 25.5 Å². The van der Waals surface area contributed by atoms with Crippen molar-refractivity contribution >= 4 is 5.69 Å². The third kappa shape index (κ3) is 2.45. The van der Waals surface area contributed by atoms with Crippen molar-refractivity contribution in [3.8, 4) is 11.9 Å². The summed E-state index contributed by atoms with van der Waals surface area (Å²) in [5.41, 5.74) is 4.39. The van der Waals surface area contributed by atoms with Crippen LogP contribution in [0.2, 0.25) is 0 Å². The van der Waals surface area contributed by atoms with E-state index in [1.165, 1.54) is 0 Å². The van der Waals surface area contributed by atoms with Crippen molar-refractivity contribution in [2.75, 3.05) is 12.4 Å². The van der Waals surface area contributed by atoms with Crippen LogP contribution in [0.5, 0.6) is 5.88 Å². The summed E-state index contributed by atoms with van der Waals surface area (Å²) < 4.78 is 7.08. The lowest BCUT2D eigenvalue weighted by molar-refractivity contribution is 0.370. The molecule has 0 saturated heterocycles. The number of hydrogen-bond donors (Lipinski definition) is 1. The largest absolute Gasteiger partial charge is 0.481 e. The number of hydrogen-bond acceptors (Lipinski definition) is 4. The Kier molecular flexibility index (Phi) is 3.94. The molecule has 1 heterocycles. The first kappa shape index (κ1) is 13.9. The number of benzene rings is 1. The lowest BCUT2D eigenvalue weighted by atomic mass is 10.1. The van der Waals surface area contributed by atoms with E-state index in [2.05, 4.69) is 16.5 Å². The Morgan fingerprint density at radius 1 is 1.40 bits per heavy atom. The van der Waals surface area contributed by atoms with E-state index >= 15 is 0 Å². The van der Waals surface area contributed by atoms with Gasteiger partial charge in [0.25, 0.3) is 0 Å². The molecule has 5 nitrogen and oxygen atoms in total. The Labute approximate surface area is 118 Å². The van der Waals surface area contributed by atoms with Crippen LogP contribution < -0.4 is 10.1 Å². The monoisotopic (exact) mass is 270 g/mol. The fourth-order valence-corrected chi connectivity index (χ4v) is 2.29. The van der Waals surface area contributed by atoms with Gasteiger partial charge in [-0.3, -0.25) is 0 Å². The molecule has 104 valence electrons.